The number of non-ortho nitro benzene ring substituents is 1. The molecule has 0 unspecified atom stereocenters. The Labute approximate surface area is 182 Å². The van der Waals surface area contributed by atoms with Gasteiger partial charge in [-0.2, -0.15) is 5.11 Å². The highest BCUT2D eigenvalue weighted by Crippen LogP contribution is 2.29. The van der Waals surface area contributed by atoms with Gasteiger partial charge in [0.2, 0.25) is 0 Å². The van der Waals surface area contributed by atoms with E-state index in [-0.39, 0.29) is 18.9 Å². The van der Waals surface area contributed by atoms with Gasteiger partial charge in [-0.05, 0) is 43.7 Å². The topological polar surface area (TPSA) is 121 Å². The number of para-hydroxylation sites is 1. The number of ether oxygens (including phenoxy) is 1. The first-order chi connectivity index (χ1) is 15.1. The first kappa shape index (κ1) is 24.4. The van der Waals surface area contributed by atoms with Gasteiger partial charge in [0.25, 0.3) is 5.69 Å². The number of nitro groups is 1. The van der Waals surface area contributed by atoms with Gasteiger partial charge in [-0.1, -0.05) is 25.0 Å². The molecule has 168 valence electrons. The Bertz CT molecular complexity index is 808. The second-order valence-corrected chi connectivity index (χ2v) is 6.99. The normalized spacial score (nSPS) is 11.3. The number of nitro benzene ring substituents is 1. The molecule has 0 saturated carbocycles. The maximum atomic E-state index is 10.7. The number of nitrogens with zero attached hydrogens (tertiary/aromatic N) is 4. The fourth-order valence-corrected chi connectivity index (χ4v) is 3.01. The monoisotopic (exact) mass is 430 g/mol. The van der Waals surface area contributed by atoms with Crippen LogP contribution in [0.2, 0.25) is 0 Å². The highest BCUT2D eigenvalue weighted by molar-refractivity contribution is 5.52. The van der Waals surface area contributed by atoms with Crippen molar-refractivity contribution in [2.24, 2.45) is 10.2 Å². The van der Waals surface area contributed by atoms with Gasteiger partial charge in [-0.15, -0.1) is 5.11 Å². The molecule has 0 spiro atoms. The summed E-state index contributed by atoms with van der Waals surface area (Å²) in [5, 5.41) is 37.1. The van der Waals surface area contributed by atoms with Crippen molar-refractivity contribution in [3.63, 3.8) is 0 Å². The van der Waals surface area contributed by atoms with Crippen LogP contribution in [0.4, 0.5) is 17.1 Å². The molecule has 2 aromatic rings. The second-order valence-electron chi connectivity index (χ2n) is 6.99. The molecule has 0 aliphatic rings. The smallest absolute Gasteiger partial charge is 0.269 e. The Kier molecular flexibility index (Phi) is 11.2. The van der Waals surface area contributed by atoms with E-state index in [1.54, 1.807) is 18.2 Å². The van der Waals surface area contributed by atoms with Gasteiger partial charge >= 0.3 is 0 Å². The fourth-order valence-electron chi connectivity index (χ4n) is 3.01. The number of aliphatic hydroxyl groups is 2. The molecule has 9 nitrogen and oxygen atoms in total. The molecule has 2 aromatic carbocycles. The van der Waals surface area contributed by atoms with Gasteiger partial charge in [0.05, 0.1) is 30.4 Å². The molecular weight excluding hydrogens is 400 g/mol. The van der Waals surface area contributed by atoms with Gasteiger partial charge in [0.15, 0.2) is 0 Å². The maximum Gasteiger partial charge on any atom is 0.269 e. The molecule has 0 bridgehead atoms. The van der Waals surface area contributed by atoms with E-state index < -0.39 is 4.92 Å². The summed E-state index contributed by atoms with van der Waals surface area (Å²) >= 11 is 0. The third kappa shape index (κ3) is 9.20. The molecule has 0 atom stereocenters. The van der Waals surface area contributed by atoms with Crippen molar-refractivity contribution in [2.75, 3.05) is 39.5 Å². The quantitative estimate of drug-likeness (QED) is 0.189. The Morgan fingerprint density at radius 2 is 1.55 bits per heavy atom. The van der Waals surface area contributed by atoms with Crippen LogP contribution in [0, 0.1) is 10.1 Å². The Balaban J connectivity index is 1.75. The van der Waals surface area contributed by atoms with Crippen molar-refractivity contribution < 1.29 is 19.9 Å². The minimum Gasteiger partial charge on any atom is -0.491 e. The predicted molar refractivity (Wildman–Crippen MR) is 118 cm³/mol. The van der Waals surface area contributed by atoms with E-state index in [2.05, 4.69) is 15.1 Å². The molecule has 0 aromatic heterocycles. The molecule has 0 saturated heterocycles. The minimum atomic E-state index is -0.454. The van der Waals surface area contributed by atoms with Crippen molar-refractivity contribution in [3.05, 3.63) is 58.6 Å². The summed E-state index contributed by atoms with van der Waals surface area (Å²) in [5.74, 6) is 0.644. The van der Waals surface area contributed by atoms with Crippen LogP contribution in [0.25, 0.3) is 0 Å². The van der Waals surface area contributed by atoms with Gasteiger partial charge in [-0.3, -0.25) is 15.0 Å². The molecule has 0 amide bonds. The number of benzene rings is 2. The summed E-state index contributed by atoms with van der Waals surface area (Å²) in [6.45, 7) is 2.84. The van der Waals surface area contributed by atoms with Crippen molar-refractivity contribution >= 4 is 17.1 Å². The van der Waals surface area contributed by atoms with Crippen LogP contribution < -0.4 is 4.74 Å². The van der Waals surface area contributed by atoms with E-state index in [1.165, 1.54) is 12.1 Å². The SMILES string of the molecule is O=[N+]([O-])c1ccc(N=Nc2ccccc2OCCCCCCN(CCO)CCO)cc1. The first-order valence-electron chi connectivity index (χ1n) is 10.5. The average Bonchev–Trinajstić information content (AvgIpc) is 2.78. The molecule has 31 heavy (non-hydrogen) atoms. The Hall–Kier alpha value is -2.88. The number of azo groups is 1. The van der Waals surface area contributed by atoms with Crippen LogP contribution in [-0.4, -0.2) is 59.5 Å². The fraction of sp³-hybridized carbons (Fsp3) is 0.455. The highest BCUT2D eigenvalue weighted by Gasteiger charge is 2.05. The molecule has 2 rings (SSSR count). The summed E-state index contributed by atoms with van der Waals surface area (Å²) in [6.07, 6.45) is 4.00. The van der Waals surface area contributed by atoms with Gasteiger partial charge in [0, 0.05) is 25.2 Å². The van der Waals surface area contributed by atoms with Crippen molar-refractivity contribution in [2.45, 2.75) is 25.7 Å². The van der Waals surface area contributed by atoms with Crippen LogP contribution in [-0.2, 0) is 0 Å². The lowest BCUT2D eigenvalue weighted by Gasteiger charge is -2.19. The van der Waals surface area contributed by atoms with Crippen LogP contribution in [0.5, 0.6) is 5.75 Å². The number of aliphatic hydroxyl groups excluding tert-OH is 2. The van der Waals surface area contributed by atoms with Crippen molar-refractivity contribution in [1.82, 2.24) is 4.90 Å². The number of hydrogen-bond donors (Lipinski definition) is 2. The number of rotatable bonds is 15. The van der Waals surface area contributed by atoms with E-state index in [4.69, 9.17) is 14.9 Å². The van der Waals surface area contributed by atoms with Gasteiger partial charge in [-0.25, -0.2) is 0 Å². The zero-order valence-corrected chi connectivity index (χ0v) is 17.6. The summed E-state index contributed by atoms with van der Waals surface area (Å²) in [7, 11) is 0. The first-order valence-corrected chi connectivity index (χ1v) is 10.5. The third-order valence-corrected chi connectivity index (χ3v) is 4.66. The maximum absolute atomic E-state index is 10.7. The second kappa shape index (κ2) is 14.2. The number of unbranched alkanes of at least 4 members (excludes halogenated alkanes) is 3. The zero-order chi connectivity index (χ0) is 22.3. The third-order valence-electron chi connectivity index (χ3n) is 4.66. The van der Waals surface area contributed by atoms with Gasteiger partial charge < -0.3 is 14.9 Å². The largest absolute Gasteiger partial charge is 0.491 e. The minimum absolute atomic E-state index is 0.0113. The Morgan fingerprint density at radius 3 is 2.23 bits per heavy atom. The molecule has 0 aliphatic heterocycles. The summed E-state index contributed by atoms with van der Waals surface area (Å²) in [4.78, 5) is 12.3. The van der Waals surface area contributed by atoms with Crippen molar-refractivity contribution in [3.8, 4) is 5.75 Å². The van der Waals surface area contributed by atoms with E-state index in [1.807, 2.05) is 18.2 Å². The van der Waals surface area contributed by atoms with Crippen LogP contribution in [0.3, 0.4) is 0 Å². The predicted octanol–water partition coefficient (Wildman–Crippen LogP) is 4.24. The highest BCUT2D eigenvalue weighted by atomic mass is 16.6. The van der Waals surface area contributed by atoms with Crippen LogP contribution in [0.1, 0.15) is 25.7 Å². The molecule has 2 N–H and O–H groups in total. The molecule has 0 fully saturated rings. The summed E-state index contributed by atoms with van der Waals surface area (Å²) < 4.78 is 5.86. The molecule has 0 aliphatic carbocycles. The average molecular weight is 431 g/mol. The van der Waals surface area contributed by atoms with E-state index in [9.17, 15) is 10.1 Å². The summed E-state index contributed by atoms with van der Waals surface area (Å²) in [6, 6.07) is 13.2. The standard InChI is InChI=1S/C22H30N4O5/c27-16-14-25(15-17-28)13-5-1-2-6-18-31-22-8-4-3-7-21(22)24-23-19-9-11-20(12-10-19)26(29)30/h3-4,7-12,27-28H,1-2,5-6,13-18H2. The van der Waals surface area contributed by atoms with Crippen LogP contribution in [0.15, 0.2) is 58.8 Å². The lowest BCUT2D eigenvalue weighted by atomic mass is 10.2. The molecule has 9 heteroatoms. The lowest BCUT2D eigenvalue weighted by Crippen LogP contribution is -2.30. The molecule has 0 heterocycles. The van der Waals surface area contributed by atoms with Crippen LogP contribution >= 0.6 is 0 Å². The lowest BCUT2D eigenvalue weighted by molar-refractivity contribution is -0.384. The zero-order valence-electron chi connectivity index (χ0n) is 17.6. The number of hydrogen-bond acceptors (Lipinski definition) is 8. The summed E-state index contributed by atoms with van der Waals surface area (Å²) in [5.41, 5.74) is 1.14. The van der Waals surface area contributed by atoms with Crippen molar-refractivity contribution in [1.29, 1.82) is 0 Å². The van der Waals surface area contributed by atoms with Gasteiger partial charge in [0.1, 0.15) is 11.4 Å². The van der Waals surface area contributed by atoms with E-state index in [0.717, 1.165) is 32.2 Å². The Morgan fingerprint density at radius 1 is 0.871 bits per heavy atom. The van der Waals surface area contributed by atoms with E-state index >= 15 is 0 Å². The van der Waals surface area contributed by atoms with E-state index in [0.29, 0.717) is 36.8 Å². The molecular formula is C22H30N4O5. The molecule has 0 radical (unpaired) electrons.